The number of carbonyl (C=O) groups is 2. The maximum absolute atomic E-state index is 11.7. The number of amides is 1. The van der Waals surface area contributed by atoms with Gasteiger partial charge in [-0.05, 0) is 24.1 Å². The molecule has 0 bridgehead atoms. The third-order valence-corrected chi connectivity index (χ3v) is 2.86. The first-order valence-electron chi connectivity index (χ1n) is 6.07. The van der Waals surface area contributed by atoms with Crippen LogP contribution in [0.1, 0.15) is 18.1 Å². The highest BCUT2D eigenvalue weighted by atomic mass is 16.5. The van der Waals surface area contributed by atoms with E-state index in [1.165, 1.54) is 0 Å². The van der Waals surface area contributed by atoms with Crippen molar-refractivity contribution in [3.8, 4) is 5.75 Å². The molecular formula is C14H19NO4. The summed E-state index contributed by atoms with van der Waals surface area (Å²) in [5.41, 5.74) is 1.84. The highest BCUT2D eigenvalue weighted by Crippen LogP contribution is 2.19. The van der Waals surface area contributed by atoms with Gasteiger partial charge >= 0.3 is 5.97 Å². The number of hydrogen-bond acceptors (Lipinski definition) is 3. The molecule has 1 aromatic carbocycles. The Labute approximate surface area is 112 Å². The molecule has 1 rings (SSSR count). The maximum Gasteiger partial charge on any atom is 0.308 e. The van der Waals surface area contributed by atoms with Crippen molar-refractivity contribution in [3.05, 3.63) is 29.3 Å². The van der Waals surface area contributed by atoms with E-state index in [0.717, 1.165) is 16.9 Å². The zero-order chi connectivity index (χ0) is 14.4. The molecule has 1 amide bonds. The van der Waals surface area contributed by atoms with Crippen LogP contribution in [-0.2, 0) is 16.0 Å². The number of methoxy groups -OCH3 is 1. The third kappa shape index (κ3) is 4.62. The van der Waals surface area contributed by atoms with E-state index in [1.54, 1.807) is 14.0 Å². The molecule has 2 N–H and O–H groups in total. The summed E-state index contributed by atoms with van der Waals surface area (Å²) < 4.78 is 5.19. The molecule has 5 heteroatoms. The molecule has 0 spiro atoms. The molecule has 0 aliphatic rings. The number of nitrogens with one attached hydrogen (secondary N) is 1. The Morgan fingerprint density at radius 3 is 2.68 bits per heavy atom. The van der Waals surface area contributed by atoms with Gasteiger partial charge in [-0.1, -0.05) is 19.1 Å². The molecule has 5 nitrogen and oxygen atoms in total. The predicted octanol–water partition coefficient (Wildman–Crippen LogP) is 1.38. The molecule has 1 aromatic rings. The van der Waals surface area contributed by atoms with Gasteiger partial charge in [-0.2, -0.15) is 0 Å². The molecule has 1 atom stereocenters. The summed E-state index contributed by atoms with van der Waals surface area (Å²) in [7, 11) is 1.58. The zero-order valence-corrected chi connectivity index (χ0v) is 11.4. The summed E-state index contributed by atoms with van der Waals surface area (Å²) in [6.07, 6.45) is 0.211. The second-order valence-electron chi connectivity index (χ2n) is 4.52. The highest BCUT2D eigenvalue weighted by Gasteiger charge is 2.12. The van der Waals surface area contributed by atoms with Gasteiger partial charge in [-0.3, -0.25) is 9.59 Å². The second-order valence-corrected chi connectivity index (χ2v) is 4.52. The van der Waals surface area contributed by atoms with Crippen LogP contribution in [0.4, 0.5) is 0 Å². The Morgan fingerprint density at radius 2 is 2.11 bits per heavy atom. The average Bonchev–Trinajstić information content (AvgIpc) is 2.38. The topological polar surface area (TPSA) is 75.6 Å². The van der Waals surface area contributed by atoms with Crippen LogP contribution in [0.3, 0.4) is 0 Å². The number of carbonyl (C=O) groups excluding carboxylic acids is 1. The first kappa shape index (κ1) is 15.0. The van der Waals surface area contributed by atoms with Crippen LogP contribution in [0.15, 0.2) is 18.2 Å². The van der Waals surface area contributed by atoms with Crippen LogP contribution in [0.5, 0.6) is 5.75 Å². The zero-order valence-electron chi connectivity index (χ0n) is 11.4. The van der Waals surface area contributed by atoms with Gasteiger partial charge in [-0.15, -0.1) is 0 Å². The van der Waals surface area contributed by atoms with Crippen LogP contribution in [0.2, 0.25) is 0 Å². The average molecular weight is 265 g/mol. The van der Waals surface area contributed by atoms with E-state index in [0.29, 0.717) is 0 Å². The molecule has 19 heavy (non-hydrogen) atoms. The maximum atomic E-state index is 11.7. The summed E-state index contributed by atoms with van der Waals surface area (Å²) in [6, 6.07) is 5.56. The molecule has 1 unspecified atom stereocenters. The fourth-order valence-electron chi connectivity index (χ4n) is 1.58. The van der Waals surface area contributed by atoms with E-state index in [1.807, 2.05) is 25.1 Å². The summed E-state index contributed by atoms with van der Waals surface area (Å²) in [6.45, 7) is 3.62. The lowest BCUT2D eigenvalue weighted by molar-refractivity contribution is -0.141. The van der Waals surface area contributed by atoms with Crippen molar-refractivity contribution in [1.29, 1.82) is 0 Å². The van der Waals surface area contributed by atoms with Crippen molar-refractivity contribution in [3.63, 3.8) is 0 Å². The van der Waals surface area contributed by atoms with Gasteiger partial charge in [0.15, 0.2) is 0 Å². The van der Waals surface area contributed by atoms with Crippen molar-refractivity contribution in [2.75, 3.05) is 13.7 Å². The summed E-state index contributed by atoms with van der Waals surface area (Å²) in [5, 5.41) is 11.3. The van der Waals surface area contributed by atoms with Gasteiger partial charge in [0.2, 0.25) is 5.91 Å². The normalized spacial score (nSPS) is 11.7. The second kappa shape index (κ2) is 6.78. The molecule has 0 aliphatic heterocycles. The van der Waals surface area contributed by atoms with E-state index in [4.69, 9.17) is 9.84 Å². The SMILES string of the molecule is COc1cc(CC(=O)NCC(C)C(=O)O)ccc1C. The lowest BCUT2D eigenvalue weighted by Crippen LogP contribution is -2.32. The molecule has 0 fully saturated rings. The Kier molecular flexibility index (Phi) is 5.36. The number of aliphatic carboxylic acids is 1. The number of aryl methyl sites for hydroxylation is 1. The van der Waals surface area contributed by atoms with Gasteiger partial charge in [-0.25, -0.2) is 0 Å². The van der Waals surface area contributed by atoms with Crippen molar-refractivity contribution in [1.82, 2.24) is 5.32 Å². The van der Waals surface area contributed by atoms with Crippen molar-refractivity contribution >= 4 is 11.9 Å². The highest BCUT2D eigenvalue weighted by molar-refractivity contribution is 5.79. The minimum atomic E-state index is -0.919. The summed E-state index contributed by atoms with van der Waals surface area (Å²) >= 11 is 0. The van der Waals surface area contributed by atoms with Gasteiger partial charge < -0.3 is 15.2 Å². The van der Waals surface area contributed by atoms with Crippen LogP contribution in [-0.4, -0.2) is 30.6 Å². The molecular weight excluding hydrogens is 246 g/mol. The molecule has 0 aliphatic carbocycles. The van der Waals surface area contributed by atoms with E-state index < -0.39 is 11.9 Å². The smallest absolute Gasteiger partial charge is 0.308 e. The number of ether oxygens (including phenoxy) is 1. The first-order chi connectivity index (χ1) is 8.93. The molecule has 0 heterocycles. The first-order valence-corrected chi connectivity index (χ1v) is 6.07. The number of rotatable bonds is 6. The van der Waals surface area contributed by atoms with Crippen LogP contribution in [0, 0.1) is 12.8 Å². The van der Waals surface area contributed by atoms with Gasteiger partial charge in [0.1, 0.15) is 5.75 Å². The quantitative estimate of drug-likeness (QED) is 0.815. The number of hydrogen-bond donors (Lipinski definition) is 2. The van der Waals surface area contributed by atoms with E-state index >= 15 is 0 Å². The summed E-state index contributed by atoms with van der Waals surface area (Å²) in [4.78, 5) is 22.3. The lowest BCUT2D eigenvalue weighted by atomic mass is 10.1. The van der Waals surface area contributed by atoms with Crippen LogP contribution >= 0.6 is 0 Å². The molecule has 0 saturated heterocycles. The number of carboxylic acids is 1. The van der Waals surface area contributed by atoms with Crippen molar-refractivity contribution in [2.24, 2.45) is 5.92 Å². The van der Waals surface area contributed by atoms with Crippen molar-refractivity contribution in [2.45, 2.75) is 20.3 Å². The molecule has 0 saturated carbocycles. The molecule has 0 aromatic heterocycles. The Hall–Kier alpha value is -2.04. The Balaban J connectivity index is 2.55. The fraction of sp³-hybridized carbons (Fsp3) is 0.429. The summed E-state index contributed by atoms with van der Waals surface area (Å²) in [5.74, 6) is -0.961. The minimum absolute atomic E-state index is 0.136. The molecule has 0 radical (unpaired) electrons. The van der Waals surface area contributed by atoms with E-state index in [2.05, 4.69) is 5.32 Å². The standard InChI is InChI=1S/C14H19NO4/c1-9-4-5-11(6-12(9)19-3)7-13(16)15-8-10(2)14(17)18/h4-6,10H,7-8H2,1-3H3,(H,15,16)(H,17,18). The third-order valence-electron chi connectivity index (χ3n) is 2.86. The number of benzene rings is 1. The Morgan fingerprint density at radius 1 is 1.42 bits per heavy atom. The largest absolute Gasteiger partial charge is 0.496 e. The van der Waals surface area contributed by atoms with Gasteiger partial charge in [0, 0.05) is 6.54 Å². The van der Waals surface area contributed by atoms with Gasteiger partial charge in [0.25, 0.3) is 0 Å². The Bertz CT molecular complexity index is 471. The van der Waals surface area contributed by atoms with Crippen molar-refractivity contribution < 1.29 is 19.4 Å². The van der Waals surface area contributed by atoms with Gasteiger partial charge in [0.05, 0.1) is 19.4 Å². The van der Waals surface area contributed by atoms with Crippen LogP contribution in [0.25, 0.3) is 0 Å². The van der Waals surface area contributed by atoms with Crippen LogP contribution < -0.4 is 10.1 Å². The number of carboxylic acid groups (broad SMARTS) is 1. The fourth-order valence-corrected chi connectivity index (χ4v) is 1.58. The van der Waals surface area contributed by atoms with E-state index in [9.17, 15) is 9.59 Å². The van der Waals surface area contributed by atoms with E-state index in [-0.39, 0.29) is 18.9 Å². The molecule has 104 valence electrons. The predicted molar refractivity (Wildman–Crippen MR) is 71.2 cm³/mol. The lowest BCUT2D eigenvalue weighted by Gasteiger charge is -2.10. The monoisotopic (exact) mass is 265 g/mol. The minimum Gasteiger partial charge on any atom is -0.496 e.